The van der Waals surface area contributed by atoms with Crippen LogP contribution in [0.15, 0.2) is 28.3 Å². The predicted octanol–water partition coefficient (Wildman–Crippen LogP) is 0.879. The van der Waals surface area contributed by atoms with Gasteiger partial charge in [0.25, 0.3) is 0 Å². The summed E-state index contributed by atoms with van der Waals surface area (Å²) in [5.74, 6) is 6.00. The molecule has 100 valence electrons. The third-order valence-corrected chi connectivity index (χ3v) is 3.90. The molecule has 2 aromatic rings. The van der Waals surface area contributed by atoms with Crippen molar-refractivity contribution in [2.24, 2.45) is 5.84 Å². The minimum Gasteiger partial charge on any atom is -0.324 e. The van der Waals surface area contributed by atoms with E-state index in [-0.39, 0.29) is 5.69 Å². The van der Waals surface area contributed by atoms with Crippen molar-refractivity contribution in [3.8, 4) is 0 Å². The van der Waals surface area contributed by atoms with Crippen LogP contribution in [0.4, 0.5) is 5.69 Å². The molecule has 0 saturated heterocycles. The Morgan fingerprint density at radius 3 is 3.16 bits per heavy atom. The van der Waals surface area contributed by atoms with Crippen LogP contribution in [0.2, 0.25) is 0 Å². The molecule has 0 amide bonds. The Hall–Kier alpha value is -1.80. The molecule has 8 heteroatoms. The number of H-pyrrole nitrogens is 1. The molecule has 3 rings (SSSR count). The number of hydrogen-bond donors (Lipinski definition) is 3. The van der Waals surface area contributed by atoms with Gasteiger partial charge in [0.2, 0.25) is 0 Å². The number of rotatable bonds is 5. The number of nitrogens with zero attached hydrogens (tertiary/aromatic N) is 3. The molecule has 2 heterocycles. The van der Waals surface area contributed by atoms with E-state index in [9.17, 15) is 4.79 Å². The van der Waals surface area contributed by atoms with Crippen LogP contribution in [-0.2, 0) is 5.75 Å². The first-order valence-corrected chi connectivity index (χ1v) is 6.98. The van der Waals surface area contributed by atoms with Crippen molar-refractivity contribution in [2.75, 3.05) is 5.43 Å². The van der Waals surface area contributed by atoms with Crippen molar-refractivity contribution < 1.29 is 0 Å². The summed E-state index contributed by atoms with van der Waals surface area (Å²) >= 11 is 1.50. The molecule has 7 nitrogen and oxygen atoms in total. The molecule has 1 fully saturated rings. The molecular weight excluding hydrogens is 264 g/mol. The van der Waals surface area contributed by atoms with Crippen LogP contribution in [0.5, 0.6) is 0 Å². The fourth-order valence-electron chi connectivity index (χ4n) is 1.83. The lowest BCUT2D eigenvalue weighted by Crippen LogP contribution is -2.16. The van der Waals surface area contributed by atoms with E-state index < -0.39 is 0 Å². The Bertz CT molecular complexity index is 632. The zero-order valence-corrected chi connectivity index (χ0v) is 11.0. The summed E-state index contributed by atoms with van der Waals surface area (Å²) in [7, 11) is 0. The Balaban J connectivity index is 1.73. The lowest BCUT2D eigenvalue weighted by atomic mass is 10.3. The third-order valence-electron chi connectivity index (χ3n) is 2.92. The van der Waals surface area contributed by atoms with Crippen molar-refractivity contribution in [3.63, 3.8) is 0 Å². The number of hydrazine groups is 1. The average Bonchev–Trinajstić information content (AvgIpc) is 3.20. The molecule has 0 spiro atoms. The van der Waals surface area contributed by atoms with Crippen LogP contribution in [-0.4, -0.2) is 19.7 Å². The monoisotopic (exact) mass is 278 g/mol. The molecule has 0 bridgehead atoms. The average molecular weight is 278 g/mol. The van der Waals surface area contributed by atoms with E-state index in [1.807, 2.05) is 6.07 Å². The second kappa shape index (κ2) is 5.06. The van der Waals surface area contributed by atoms with E-state index in [0.717, 1.165) is 29.4 Å². The molecule has 1 aliphatic carbocycles. The van der Waals surface area contributed by atoms with Crippen molar-refractivity contribution in [1.29, 1.82) is 0 Å². The molecule has 0 atom stereocenters. The van der Waals surface area contributed by atoms with E-state index in [1.54, 1.807) is 16.8 Å². The summed E-state index contributed by atoms with van der Waals surface area (Å²) in [5.41, 5.74) is 4.15. The molecule has 4 N–H and O–H groups in total. The van der Waals surface area contributed by atoms with E-state index in [4.69, 9.17) is 5.84 Å². The summed E-state index contributed by atoms with van der Waals surface area (Å²) in [4.78, 5) is 15.9. The largest absolute Gasteiger partial charge is 0.344 e. The maximum atomic E-state index is 11.6. The van der Waals surface area contributed by atoms with E-state index in [0.29, 0.717) is 11.8 Å². The smallest absolute Gasteiger partial charge is 0.324 e. The molecule has 0 aromatic carbocycles. The van der Waals surface area contributed by atoms with Crippen LogP contribution in [0.1, 0.15) is 24.6 Å². The zero-order valence-electron chi connectivity index (χ0n) is 10.2. The highest BCUT2D eigenvalue weighted by Crippen LogP contribution is 2.36. The summed E-state index contributed by atoms with van der Waals surface area (Å²) < 4.78 is 1.73. The number of nitrogens with two attached hydrogens (primary N) is 1. The second-order valence-electron chi connectivity index (χ2n) is 4.38. The third kappa shape index (κ3) is 2.64. The highest BCUT2D eigenvalue weighted by molar-refractivity contribution is 7.98. The van der Waals surface area contributed by atoms with Crippen molar-refractivity contribution in [2.45, 2.75) is 29.8 Å². The van der Waals surface area contributed by atoms with Gasteiger partial charge in [0.15, 0.2) is 5.16 Å². The quantitative estimate of drug-likeness (QED) is 0.426. The van der Waals surface area contributed by atoms with Crippen LogP contribution in [0.3, 0.4) is 0 Å². The summed E-state index contributed by atoms with van der Waals surface area (Å²) in [6.45, 7) is 0. The minimum atomic E-state index is -0.129. The number of thioether (sulfide) groups is 1. The summed E-state index contributed by atoms with van der Waals surface area (Å²) in [6, 6.07) is 3.99. The highest BCUT2D eigenvalue weighted by Gasteiger charge is 2.28. The normalized spacial score (nSPS) is 14.6. The first-order chi connectivity index (χ1) is 9.28. The van der Waals surface area contributed by atoms with Crippen molar-refractivity contribution >= 4 is 17.4 Å². The van der Waals surface area contributed by atoms with Gasteiger partial charge in [-0.25, -0.2) is 9.89 Å². The summed E-state index contributed by atoms with van der Waals surface area (Å²) in [6.07, 6.45) is 3.80. The number of anilines is 1. The van der Waals surface area contributed by atoms with Gasteiger partial charge >= 0.3 is 5.69 Å². The van der Waals surface area contributed by atoms with Gasteiger partial charge in [0.05, 0.1) is 11.4 Å². The van der Waals surface area contributed by atoms with Crippen LogP contribution < -0.4 is 17.0 Å². The standard InChI is InChI=1S/C11H14N6OS/c12-14-7-3-4-13-8(5-7)6-19-11-16-15-10(18)17(11)9-1-2-9/h3-5,9H,1-2,6,12H2,(H,13,14)(H,15,18). The van der Waals surface area contributed by atoms with Gasteiger partial charge in [0.1, 0.15) is 0 Å². The Labute approximate surface area is 113 Å². The van der Waals surface area contributed by atoms with E-state index >= 15 is 0 Å². The number of aromatic amines is 1. The van der Waals surface area contributed by atoms with Gasteiger partial charge in [-0.15, -0.1) is 5.10 Å². The number of pyridine rings is 1. The van der Waals surface area contributed by atoms with Gasteiger partial charge < -0.3 is 5.43 Å². The SMILES string of the molecule is NNc1ccnc(CSc2n[nH]c(=O)n2C2CC2)c1. The maximum absolute atomic E-state index is 11.6. The fourth-order valence-corrected chi connectivity index (χ4v) is 2.75. The number of hydrogen-bond acceptors (Lipinski definition) is 6. The lowest BCUT2D eigenvalue weighted by Gasteiger charge is -2.04. The molecule has 2 aromatic heterocycles. The predicted molar refractivity (Wildman–Crippen MR) is 72.7 cm³/mol. The molecule has 1 saturated carbocycles. The molecule has 1 aliphatic rings. The Kier molecular flexibility index (Phi) is 3.26. The van der Waals surface area contributed by atoms with Crippen molar-refractivity contribution in [1.82, 2.24) is 19.7 Å². The summed E-state index contributed by atoms with van der Waals surface area (Å²) in [5, 5.41) is 7.28. The van der Waals surface area contributed by atoms with Crippen LogP contribution in [0, 0.1) is 0 Å². The van der Waals surface area contributed by atoms with E-state index in [1.165, 1.54) is 11.8 Å². The number of nitrogens with one attached hydrogen (secondary N) is 2. The Morgan fingerprint density at radius 2 is 2.42 bits per heavy atom. The number of aromatic nitrogens is 4. The van der Waals surface area contributed by atoms with Gasteiger partial charge in [-0.3, -0.25) is 15.4 Å². The molecule has 0 aliphatic heterocycles. The van der Waals surface area contributed by atoms with Crippen molar-refractivity contribution in [3.05, 3.63) is 34.5 Å². The van der Waals surface area contributed by atoms with Gasteiger partial charge in [-0.2, -0.15) is 0 Å². The van der Waals surface area contributed by atoms with Gasteiger partial charge in [-0.1, -0.05) is 11.8 Å². The first kappa shape index (κ1) is 12.2. The first-order valence-electron chi connectivity index (χ1n) is 5.99. The van der Waals surface area contributed by atoms with Crippen LogP contribution >= 0.6 is 11.8 Å². The van der Waals surface area contributed by atoms with Gasteiger partial charge in [-0.05, 0) is 25.0 Å². The maximum Gasteiger partial charge on any atom is 0.344 e. The minimum absolute atomic E-state index is 0.129. The molecule has 19 heavy (non-hydrogen) atoms. The second-order valence-corrected chi connectivity index (χ2v) is 5.32. The number of nitrogen functional groups attached to an aromatic ring is 1. The highest BCUT2D eigenvalue weighted by atomic mass is 32.2. The van der Waals surface area contributed by atoms with E-state index in [2.05, 4.69) is 20.6 Å². The molecule has 0 unspecified atom stereocenters. The Morgan fingerprint density at radius 1 is 1.58 bits per heavy atom. The zero-order chi connectivity index (χ0) is 13.2. The molecular formula is C11H14N6OS. The van der Waals surface area contributed by atoms with Gasteiger partial charge in [0, 0.05) is 18.0 Å². The van der Waals surface area contributed by atoms with Crippen LogP contribution in [0.25, 0.3) is 0 Å². The molecule has 0 radical (unpaired) electrons. The lowest BCUT2D eigenvalue weighted by molar-refractivity contribution is 0.642. The fraction of sp³-hybridized carbons (Fsp3) is 0.364. The topological polar surface area (TPSA) is 102 Å².